The highest BCUT2D eigenvalue weighted by Gasteiger charge is 2.27. The molecule has 26 heavy (non-hydrogen) atoms. The van der Waals surface area contributed by atoms with Crippen LogP contribution in [0.1, 0.15) is 46.4 Å². The van der Waals surface area contributed by atoms with Crippen molar-refractivity contribution in [1.82, 2.24) is 19.8 Å². The van der Waals surface area contributed by atoms with Crippen molar-refractivity contribution in [2.75, 3.05) is 26.2 Å². The summed E-state index contributed by atoms with van der Waals surface area (Å²) in [6, 6.07) is 0. The number of aromatic nitrogens is 2. The highest BCUT2D eigenvalue weighted by Crippen LogP contribution is 2.19. The summed E-state index contributed by atoms with van der Waals surface area (Å²) in [5.41, 5.74) is 0. The molecular formula is C19H33N5O2. The molecule has 0 aliphatic carbocycles. The van der Waals surface area contributed by atoms with Crippen molar-refractivity contribution in [2.45, 2.75) is 53.6 Å². The van der Waals surface area contributed by atoms with Gasteiger partial charge in [-0.2, -0.15) is 0 Å². The summed E-state index contributed by atoms with van der Waals surface area (Å²) in [4.78, 5) is 23.4. The predicted molar refractivity (Wildman–Crippen MR) is 103 cm³/mol. The van der Waals surface area contributed by atoms with E-state index in [-0.39, 0.29) is 11.9 Å². The van der Waals surface area contributed by atoms with E-state index in [1.165, 1.54) is 0 Å². The molecule has 2 heterocycles. The summed E-state index contributed by atoms with van der Waals surface area (Å²) in [6.45, 7) is 12.7. The molecular weight excluding hydrogens is 330 g/mol. The van der Waals surface area contributed by atoms with Gasteiger partial charge in [-0.25, -0.2) is 9.98 Å². The van der Waals surface area contributed by atoms with Crippen molar-refractivity contribution in [3.8, 4) is 0 Å². The number of carbonyl (C=O) groups is 1. The SMILES string of the molecule is CCNC(=NCc1nccn1CC(C)C)N1CCC(C(=O)OCC)CC1. The van der Waals surface area contributed by atoms with Gasteiger partial charge in [0.25, 0.3) is 0 Å². The van der Waals surface area contributed by atoms with Gasteiger partial charge in [-0.05, 0) is 32.6 Å². The zero-order valence-corrected chi connectivity index (χ0v) is 16.6. The maximum Gasteiger partial charge on any atom is 0.309 e. The van der Waals surface area contributed by atoms with Gasteiger partial charge in [-0.1, -0.05) is 13.8 Å². The zero-order chi connectivity index (χ0) is 18.9. The van der Waals surface area contributed by atoms with Gasteiger partial charge in [0.1, 0.15) is 12.4 Å². The Morgan fingerprint density at radius 1 is 1.38 bits per heavy atom. The zero-order valence-electron chi connectivity index (χ0n) is 16.6. The monoisotopic (exact) mass is 363 g/mol. The number of piperidine rings is 1. The van der Waals surface area contributed by atoms with Crippen LogP contribution in [0, 0.1) is 11.8 Å². The highest BCUT2D eigenvalue weighted by atomic mass is 16.5. The lowest BCUT2D eigenvalue weighted by Crippen LogP contribution is -2.46. The van der Waals surface area contributed by atoms with Crippen LogP contribution in [0.3, 0.4) is 0 Å². The van der Waals surface area contributed by atoms with Crippen LogP contribution in [0.25, 0.3) is 0 Å². The van der Waals surface area contributed by atoms with E-state index in [1.807, 2.05) is 19.3 Å². The number of nitrogens with one attached hydrogen (secondary N) is 1. The first-order valence-corrected chi connectivity index (χ1v) is 9.75. The van der Waals surface area contributed by atoms with Crippen molar-refractivity contribution < 1.29 is 9.53 Å². The molecule has 1 aromatic heterocycles. The van der Waals surface area contributed by atoms with Gasteiger partial charge in [-0.3, -0.25) is 4.79 Å². The molecule has 0 atom stereocenters. The molecule has 0 spiro atoms. The van der Waals surface area contributed by atoms with Crippen LogP contribution >= 0.6 is 0 Å². The minimum Gasteiger partial charge on any atom is -0.466 e. The van der Waals surface area contributed by atoms with Gasteiger partial charge in [0.2, 0.25) is 0 Å². The first-order chi connectivity index (χ1) is 12.5. The van der Waals surface area contributed by atoms with E-state index in [0.717, 1.165) is 50.8 Å². The topological polar surface area (TPSA) is 71.8 Å². The van der Waals surface area contributed by atoms with Crippen LogP contribution < -0.4 is 5.32 Å². The normalized spacial score (nSPS) is 16.2. The lowest BCUT2D eigenvalue weighted by Gasteiger charge is -2.33. The number of imidazole rings is 1. The number of carbonyl (C=O) groups excluding carboxylic acids is 1. The van der Waals surface area contributed by atoms with Crippen LogP contribution in [-0.4, -0.2) is 52.6 Å². The lowest BCUT2D eigenvalue weighted by molar-refractivity contribution is -0.149. The fourth-order valence-electron chi connectivity index (χ4n) is 3.21. The fraction of sp³-hybridized carbons (Fsp3) is 0.737. The number of esters is 1. The second kappa shape index (κ2) is 10.2. The number of nitrogens with zero attached hydrogens (tertiary/aromatic N) is 4. The maximum atomic E-state index is 11.9. The highest BCUT2D eigenvalue weighted by molar-refractivity contribution is 5.80. The van der Waals surface area contributed by atoms with Gasteiger partial charge < -0.3 is 19.5 Å². The number of likely N-dealkylation sites (tertiary alicyclic amines) is 1. The first kappa shape index (κ1) is 20.3. The molecule has 0 radical (unpaired) electrons. The number of aliphatic imine (C=N–C) groups is 1. The summed E-state index contributed by atoms with van der Waals surface area (Å²) in [7, 11) is 0. The molecule has 2 rings (SSSR count). The molecule has 1 aliphatic rings. The molecule has 1 fully saturated rings. The minimum atomic E-state index is -0.0650. The van der Waals surface area contributed by atoms with E-state index in [2.05, 4.69) is 40.5 Å². The van der Waals surface area contributed by atoms with Crippen molar-refractivity contribution in [3.05, 3.63) is 18.2 Å². The Bertz CT molecular complexity index is 589. The Balaban J connectivity index is 1.97. The predicted octanol–water partition coefficient (Wildman–Crippen LogP) is 2.28. The van der Waals surface area contributed by atoms with E-state index >= 15 is 0 Å². The van der Waals surface area contributed by atoms with Crippen LogP contribution in [0.2, 0.25) is 0 Å². The number of rotatable bonds is 7. The van der Waals surface area contributed by atoms with E-state index in [4.69, 9.17) is 9.73 Å². The molecule has 146 valence electrons. The van der Waals surface area contributed by atoms with E-state index in [9.17, 15) is 4.79 Å². The molecule has 0 amide bonds. The van der Waals surface area contributed by atoms with Gasteiger partial charge in [0, 0.05) is 38.6 Å². The van der Waals surface area contributed by atoms with Gasteiger partial charge in [0.05, 0.1) is 12.5 Å². The Labute approximate surface area is 156 Å². The van der Waals surface area contributed by atoms with Crippen LogP contribution in [-0.2, 0) is 22.6 Å². The Hall–Kier alpha value is -2.05. The molecule has 7 nitrogen and oxygen atoms in total. The molecule has 7 heteroatoms. The minimum absolute atomic E-state index is 0.0130. The van der Waals surface area contributed by atoms with Crippen LogP contribution in [0.15, 0.2) is 17.4 Å². The lowest BCUT2D eigenvalue weighted by atomic mass is 9.97. The van der Waals surface area contributed by atoms with E-state index in [1.54, 1.807) is 0 Å². The number of hydrogen-bond acceptors (Lipinski definition) is 4. The molecule has 1 saturated heterocycles. The Morgan fingerprint density at radius 2 is 2.12 bits per heavy atom. The molecule has 0 aromatic carbocycles. The molecule has 0 bridgehead atoms. The van der Waals surface area contributed by atoms with Crippen molar-refractivity contribution in [3.63, 3.8) is 0 Å². The number of ether oxygens (including phenoxy) is 1. The molecule has 0 saturated carbocycles. The van der Waals surface area contributed by atoms with Gasteiger partial charge in [0.15, 0.2) is 5.96 Å². The quantitative estimate of drug-likeness (QED) is 0.457. The largest absolute Gasteiger partial charge is 0.466 e. The summed E-state index contributed by atoms with van der Waals surface area (Å²) in [6.07, 6.45) is 5.48. The van der Waals surface area contributed by atoms with Crippen molar-refractivity contribution in [2.24, 2.45) is 16.8 Å². The summed E-state index contributed by atoms with van der Waals surface area (Å²) in [5, 5.41) is 3.37. The van der Waals surface area contributed by atoms with Gasteiger partial charge in [-0.15, -0.1) is 0 Å². The van der Waals surface area contributed by atoms with Crippen molar-refractivity contribution >= 4 is 11.9 Å². The van der Waals surface area contributed by atoms with Crippen LogP contribution in [0.5, 0.6) is 0 Å². The molecule has 0 unspecified atom stereocenters. The Morgan fingerprint density at radius 3 is 2.73 bits per heavy atom. The molecule has 1 aliphatic heterocycles. The second-order valence-electron chi connectivity index (χ2n) is 7.07. The smallest absolute Gasteiger partial charge is 0.309 e. The van der Waals surface area contributed by atoms with Crippen LogP contribution in [0.4, 0.5) is 0 Å². The third-order valence-electron chi connectivity index (χ3n) is 4.48. The summed E-state index contributed by atoms with van der Waals surface area (Å²) in [5.74, 6) is 2.40. The third kappa shape index (κ3) is 5.75. The summed E-state index contributed by atoms with van der Waals surface area (Å²) < 4.78 is 7.32. The molecule has 1 N–H and O–H groups in total. The van der Waals surface area contributed by atoms with Crippen molar-refractivity contribution in [1.29, 1.82) is 0 Å². The average Bonchev–Trinajstić information content (AvgIpc) is 3.05. The average molecular weight is 364 g/mol. The first-order valence-electron chi connectivity index (χ1n) is 9.75. The number of hydrogen-bond donors (Lipinski definition) is 1. The standard InChI is InChI=1S/C19H33N5O2/c1-5-20-19(22-13-17-21-9-12-24(17)14-15(3)4)23-10-7-16(8-11-23)18(25)26-6-2/h9,12,15-16H,5-8,10-11,13-14H2,1-4H3,(H,20,22). The second-order valence-corrected chi connectivity index (χ2v) is 7.07. The summed E-state index contributed by atoms with van der Waals surface area (Å²) >= 11 is 0. The van der Waals surface area contributed by atoms with E-state index < -0.39 is 0 Å². The maximum absolute atomic E-state index is 11.9. The molecule has 1 aromatic rings. The number of guanidine groups is 1. The van der Waals surface area contributed by atoms with Gasteiger partial charge >= 0.3 is 5.97 Å². The fourth-order valence-corrected chi connectivity index (χ4v) is 3.21. The Kier molecular flexibility index (Phi) is 7.94. The van der Waals surface area contributed by atoms with E-state index in [0.29, 0.717) is 19.1 Å². The third-order valence-corrected chi connectivity index (χ3v) is 4.48.